The standard InChI is InChI=1S/C4H10O.3NO3.Tb/c1-3-5-4-2;3*2-1(3)4;/h3-4H2,1-2H3;;;;/q;3*-1;+3. The number of rotatable bonds is 2. The number of ether oxygens (including phenoxy) is 1. The van der Waals surface area contributed by atoms with Crippen LogP contribution in [-0.2, 0) is 4.74 Å². The van der Waals surface area contributed by atoms with E-state index in [1.807, 2.05) is 13.8 Å². The van der Waals surface area contributed by atoms with E-state index in [-0.39, 0.29) is 38.6 Å². The minimum atomic E-state index is -1.75. The van der Waals surface area contributed by atoms with Crippen molar-refractivity contribution >= 4 is 0 Å². The Bertz CT molecular complexity index is 159. The second-order valence-electron chi connectivity index (χ2n) is 1.45. The normalized spacial score (nSPS) is 6.33. The van der Waals surface area contributed by atoms with Crippen LogP contribution in [0.5, 0.6) is 0 Å². The van der Waals surface area contributed by atoms with Crippen LogP contribution < -0.4 is 0 Å². The van der Waals surface area contributed by atoms with Crippen LogP contribution in [0.25, 0.3) is 0 Å². The molecule has 0 heterocycles. The van der Waals surface area contributed by atoms with Gasteiger partial charge in [0.15, 0.2) is 0 Å². The van der Waals surface area contributed by atoms with Gasteiger partial charge in [-0.2, -0.15) is 0 Å². The first-order valence-electron chi connectivity index (χ1n) is 3.63. The predicted molar refractivity (Wildman–Crippen MR) is 53.3 cm³/mol. The number of nitrogens with zero attached hydrogens (tertiary/aromatic N) is 3. The van der Waals surface area contributed by atoms with Gasteiger partial charge < -0.3 is 50.7 Å². The fraction of sp³-hybridized carbons (Fsp3) is 1.00. The van der Waals surface area contributed by atoms with Crippen LogP contribution in [0.15, 0.2) is 0 Å². The summed E-state index contributed by atoms with van der Waals surface area (Å²) in [6.45, 7) is 5.67. The van der Waals surface area contributed by atoms with Crippen LogP contribution >= 0.6 is 0 Å². The zero-order valence-electron chi connectivity index (χ0n) is 9.17. The molecule has 0 aliphatic rings. The van der Waals surface area contributed by atoms with Crippen LogP contribution in [-0.4, -0.2) is 28.5 Å². The summed E-state index contributed by atoms with van der Waals surface area (Å²) >= 11 is 0. The topological polar surface area (TPSA) is 208 Å². The second-order valence-corrected chi connectivity index (χ2v) is 1.45. The molecule has 0 atom stereocenters. The molecule has 0 unspecified atom stereocenters. The summed E-state index contributed by atoms with van der Waals surface area (Å²) in [7, 11) is 0. The van der Waals surface area contributed by atoms with Crippen molar-refractivity contribution in [3.8, 4) is 0 Å². The fourth-order valence-electron chi connectivity index (χ4n) is 0.204. The molecule has 0 bridgehead atoms. The monoisotopic (exact) mass is 419 g/mol. The first kappa shape index (κ1) is 30.1. The van der Waals surface area contributed by atoms with E-state index in [4.69, 9.17) is 50.7 Å². The summed E-state index contributed by atoms with van der Waals surface area (Å²) in [5, 5.41) is 44.2. The van der Waals surface area contributed by atoms with Crippen LogP contribution in [0.1, 0.15) is 13.8 Å². The van der Waals surface area contributed by atoms with Crippen molar-refractivity contribution in [1.29, 1.82) is 0 Å². The minimum Gasteiger partial charge on any atom is -0.382 e. The number of hydrogen-bond acceptors (Lipinski definition) is 10. The molecule has 13 nitrogen and oxygen atoms in total. The maximum atomic E-state index is 8.25. The molecule has 0 aliphatic heterocycles. The molecule has 0 rings (SSSR count). The van der Waals surface area contributed by atoms with Crippen LogP contribution in [0, 0.1) is 84.6 Å². The molecule has 0 aromatic heterocycles. The van der Waals surface area contributed by atoms with Gasteiger partial charge in [0.2, 0.25) is 0 Å². The van der Waals surface area contributed by atoms with Gasteiger partial charge in [-0.05, 0) is 13.8 Å². The molecule has 0 N–H and O–H groups in total. The SMILES string of the molecule is CCOCC.O=[N+]([O-])[O-].O=[N+]([O-])[O-].O=[N+]([O-])[O-].[Tb+3]. The molecule has 0 aliphatic carbocycles. The molecule has 0 fully saturated rings. The summed E-state index contributed by atoms with van der Waals surface area (Å²) < 4.78 is 4.83. The molecule has 0 spiro atoms. The predicted octanol–water partition coefficient (Wildman–Crippen LogP) is 0.325. The maximum Gasteiger partial charge on any atom is 3.00 e. The summed E-state index contributed by atoms with van der Waals surface area (Å²) in [6.07, 6.45) is 0. The minimum absolute atomic E-state index is 0. The molecule has 14 heteroatoms. The third-order valence-electron chi connectivity index (χ3n) is 0.408. The Kier molecular flexibility index (Phi) is 49.7. The van der Waals surface area contributed by atoms with Gasteiger partial charge in [-0.1, -0.05) is 0 Å². The van der Waals surface area contributed by atoms with E-state index in [2.05, 4.69) is 0 Å². The van der Waals surface area contributed by atoms with Crippen molar-refractivity contribution in [2.24, 2.45) is 0 Å². The Morgan fingerprint density at radius 2 is 0.833 bits per heavy atom. The first-order valence-corrected chi connectivity index (χ1v) is 3.63. The van der Waals surface area contributed by atoms with Crippen LogP contribution in [0.2, 0.25) is 0 Å². The van der Waals surface area contributed by atoms with Gasteiger partial charge in [0.1, 0.15) is 0 Å². The maximum absolute atomic E-state index is 8.25. The average molecular weight is 419 g/mol. The van der Waals surface area contributed by atoms with Crippen molar-refractivity contribution in [2.45, 2.75) is 13.8 Å². The molecule has 110 valence electrons. The molecule has 0 aromatic carbocycles. The average Bonchev–Trinajstić information content (AvgIpc) is 2.01. The smallest absolute Gasteiger partial charge is 0.382 e. The van der Waals surface area contributed by atoms with E-state index in [9.17, 15) is 0 Å². The molecule has 0 radical (unpaired) electrons. The van der Waals surface area contributed by atoms with Crippen LogP contribution in [0.3, 0.4) is 0 Å². The zero-order chi connectivity index (χ0) is 14.9. The van der Waals surface area contributed by atoms with E-state index in [0.717, 1.165) is 13.2 Å². The fourth-order valence-corrected chi connectivity index (χ4v) is 0.204. The Hall–Kier alpha value is -1.15. The molecule has 0 saturated heterocycles. The van der Waals surface area contributed by atoms with Gasteiger partial charge >= 0.3 is 38.6 Å². The summed E-state index contributed by atoms with van der Waals surface area (Å²) in [5.41, 5.74) is 0. The second kappa shape index (κ2) is 29.7. The Balaban J connectivity index is -0.0000000412. The summed E-state index contributed by atoms with van der Waals surface area (Å²) in [6, 6.07) is 0. The van der Waals surface area contributed by atoms with Gasteiger partial charge in [-0.25, -0.2) is 0 Å². The molecular weight excluding hydrogens is 409 g/mol. The van der Waals surface area contributed by atoms with E-state index in [0.29, 0.717) is 0 Å². The zero-order valence-corrected chi connectivity index (χ0v) is 11.3. The van der Waals surface area contributed by atoms with E-state index in [1.165, 1.54) is 0 Å². The van der Waals surface area contributed by atoms with Crippen molar-refractivity contribution < 1.29 is 58.6 Å². The first-order chi connectivity index (χ1) is 7.61. The summed E-state index contributed by atoms with van der Waals surface area (Å²) in [4.78, 5) is 24.8. The third-order valence-corrected chi connectivity index (χ3v) is 0.408. The van der Waals surface area contributed by atoms with E-state index < -0.39 is 15.3 Å². The van der Waals surface area contributed by atoms with Crippen molar-refractivity contribution in [1.82, 2.24) is 0 Å². The van der Waals surface area contributed by atoms with Gasteiger partial charge in [0, 0.05) is 13.2 Å². The Labute approximate surface area is 131 Å². The van der Waals surface area contributed by atoms with E-state index >= 15 is 0 Å². The summed E-state index contributed by atoms with van der Waals surface area (Å²) in [5.74, 6) is 0. The Morgan fingerprint density at radius 1 is 0.722 bits per heavy atom. The molecule has 0 aromatic rings. The number of hydrogen-bond donors (Lipinski definition) is 0. The molecule has 0 saturated carbocycles. The largest absolute Gasteiger partial charge is 3.00 e. The third kappa shape index (κ3) is 3980. The van der Waals surface area contributed by atoms with Crippen LogP contribution in [0.4, 0.5) is 0 Å². The van der Waals surface area contributed by atoms with Gasteiger partial charge in [-0.3, -0.25) is 0 Å². The molecule has 18 heavy (non-hydrogen) atoms. The van der Waals surface area contributed by atoms with Gasteiger partial charge in [0.25, 0.3) is 0 Å². The Morgan fingerprint density at radius 3 is 0.833 bits per heavy atom. The van der Waals surface area contributed by atoms with E-state index in [1.54, 1.807) is 0 Å². The quantitative estimate of drug-likeness (QED) is 0.442. The van der Waals surface area contributed by atoms with Crippen molar-refractivity contribution in [3.05, 3.63) is 46.0 Å². The van der Waals surface area contributed by atoms with Gasteiger partial charge in [-0.15, -0.1) is 0 Å². The van der Waals surface area contributed by atoms with Gasteiger partial charge in [0.05, 0.1) is 15.3 Å². The van der Waals surface area contributed by atoms with Crippen molar-refractivity contribution in [2.75, 3.05) is 13.2 Å². The molecular formula is C4H10N3O10Tb. The van der Waals surface area contributed by atoms with Crippen molar-refractivity contribution in [3.63, 3.8) is 0 Å². The molecule has 0 amide bonds.